The monoisotopic (exact) mass is 1410 g/mol. The van der Waals surface area contributed by atoms with Gasteiger partial charge in [-0.05, 0) is 25.7 Å². The maximum absolute atomic E-state index is 14.1. The Bertz CT molecular complexity index is 2080. The maximum Gasteiger partial charge on any atom is 0.472 e. The van der Waals surface area contributed by atoms with Crippen LogP contribution < -0.4 is 10.6 Å². The number of aliphatic hydroxyl groups excluding tert-OH is 6. The molecule has 0 unspecified atom stereocenters. The van der Waals surface area contributed by atoms with Crippen LogP contribution in [0.2, 0.25) is 0 Å². The molecular formula is C68H130N2O23P2. The third-order valence-electron chi connectivity index (χ3n) is 17.8. The van der Waals surface area contributed by atoms with Gasteiger partial charge in [0.2, 0.25) is 11.8 Å². The Hall–Kier alpha value is -2.26. The number of nitrogens with one attached hydrogen (secondary N) is 2. The van der Waals surface area contributed by atoms with E-state index in [4.69, 9.17) is 32.7 Å². The van der Waals surface area contributed by atoms with Gasteiger partial charge in [-0.2, -0.15) is 0 Å². The normalized spacial score (nSPS) is 23.0. The number of phosphoric acid groups is 2. The summed E-state index contributed by atoms with van der Waals surface area (Å²) in [5.74, 6) is -4.01. The van der Waals surface area contributed by atoms with E-state index in [1.807, 2.05) is 0 Å². The Morgan fingerprint density at radius 2 is 0.695 bits per heavy atom. The minimum absolute atomic E-state index is 0.196. The molecule has 2 aliphatic heterocycles. The molecular weight excluding hydrogens is 1280 g/mol. The first-order valence-electron chi connectivity index (χ1n) is 36.8. The molecule has 0 saturated carbocycles. The van der Waals surface area contributed by atoms with Crippen molar-refractivity contribution in [2.45, 2.75) is 396 Å². The predicted molar refractivity (Wildman–Crippen MR) is 360 cm³/mol. The van der Waals surface area contributed by atoms with E-state index >= 15 is 0 Å². The summed E-state index contributed by atoms with van der Waals surface area (Å²) in [5, 5.41) is 72.2. The van der Waals surface area contributed by atoms with Gasteiger partial charge in [-0.15, -0.1) is 0 Å². The summed E-state index contributed by atoms with van der Waals surface area (Å²) in [4.78, 5) is 96.5. The van der Waals surface area contributed by atoms with Crippen LogP contribution in [0.15, 0.2) is 0 Å². The first-order chi connectivity index (χ1) is 45.4. The number of hydrogen-bond donors (Lipinski definition) is 12. The fourth-order valence-corrected chi connectivity index (χ4v) is 13.4. The average molecular weight is 1410 g/mol. The number of carbonyl (C=O) groups excluding carboxylic acids is 4. The van der Waals surface area contributed by atoms with Gasteiger partial charge in [0.25, 0.3) is 0 Å². The fourth-order valence-electron chi connectivity index (χ4n) is 12.4. The van der Waals surface area contributed by atoms with Crippen molar-refractivity contribution in [2.75, 3.05) is 13.2 Å². The van der Waals surface area contributed by atoms with Gasteiger partial charge in [0.05, 0.1) is 63.3 Å². The van der Waals surface area contributed by atoms with Crippen molar-refractivity contribution in [1.29, 1.82) is 0 Å². The van der Waals surface area contributed by atoms with Crippen LogP contribution in [0.3, 0.4) is 0 Å². The molecule has 0 radical (unpaired) electrons. The lowest BCUT2D eigenvalue weighted by Crippen LogP contribution is -2.68. The summed E-state index contributed by atoms with van der Waals surface area (Å²) in [6, 6.07) is -3.75. The molecule has 14 atom stereocenters. The molecule has 2 saturated heterocycles. The van der Waals surface area contributed by atoms with Crippen molar-refractivity contribution in [1.82, 2.24) is 10.6 Å². The molecule has 27 heteroatoms. The zero-order valence-electron chi connectivity index (χ0n) is 58.3. The smallest absolute Gasteiger partial charge is 0.457 e. The maximum atomic E-state index is 14.1. The van der Waals surface area contributed by atoms with Gasteiger partial charge in [-0.25, -0.2) is 9.13 Å². The van der Waals surface area contributed by atoms with E-state index in [0.29, 0.717) is 25.7 Å². The standard InChI is InChI=1S/C68H130N2O23P2/c1-5-9-13-17-21-25-29-33-37-41-51(72)45-57(76)69-61-65(90-59(78)47-53(74)43-39-35-31-27-23-19-15-11-7-3)63(80)56(89-68(61)93-95(84,85)86)50-87-67-62(70-58(77)46-52(73)42-38-34-30-26-22-18-14-10-6-2)66(64(55(49-71)88-67)92-94(81,82)83)91-60(79)48-54(75)44-40-36-32-28-24-20-16-12-8-4/h51-56,61-68,71-75,80H,5-50H2,1-4H3,(H,69,76)(H,70,77)(H2,81,82,83)(H2,84,85,86)/t51-,52-,53-,54-,55-,56-,61-,62-,63-,64-,65-,66-,67-,68-/m1/s1/i67+1. The lowest BCUT2D eigenvalue weighted by atomic mass is 9.96. The van der Waals surface area contributed by atoms with Gasteiger partial charge in [0.1, 0.15) is 36.5 Å². The second-order valence-electron chi connectivity index (χ2n) is 26.7. The largest absolute Gasteiger partial charge is 0.472 e. The third-order valence-corrected chi connectivity index (χ3v) is 18.8. The highest BCUT2D eigenvalue weighted by molar-refractivity contribution is 7.46. The minimum atomic E-state index is -5.61. The molecule has 2 fully saturated rings. The van der Waals surface area contributed by atoms with E-state index < -0.39 is 164 Å². The molecule has 560 valence electrons. The van der Waals surface area contributed by atoms with Crippen molar-refractivity contribution >= 4 is 39.4 Å². The summed E-state index contributed by atoms with van der Waals surface area (Å²) in [6.07, 6.45) is 13.8. The number of esters is 2. The third kappa shape index (κ3) is 43.2. The van der Waals surface area contributed by atoms with Gasteiger partial charge in [0, 0.05) is 0 Å². The van der Waals surface area contributed by atoms with Crippen LogP contribution in [0.4, 0.5) is 0 Å². The van der Waals surface area contributed by atoms with Crippen molar-refractivity contribution in [3.05, 3.63) is 0 Å². The molecule has 12 N–H and O–H groups in total. The van der Waals surface area contributed by atoms with Crippen LogP contribution in [0.5, 0.6) is 0 Å². The zero-order valence-corrected chi connectivity index (χ0v) is 60.1. The lowest BCUT2D eigenvalue weighted by Gasteiger charge is -2.47. The Kier molecular flexibility index (Phi) is 50.1. The summed E-state index contributed by atoms with van der Waals surface area (Å²) in [5.41, 5.74) is 0. The van der Waals surface area contributed by atoms with Gasteiger partial charge < -0.3 is 84.5 Å². The van der Waals surface area contributed by atoms with Crippen molar-refractivity contribution in [2.24, 2.45) is 0 Å². The van der Waals surface area contributed by atoms with Gasteiger partial charge in [-0.1, -0.05) is 259 Å². The number of carbonyl (C=O) groups is 4. The number of amides is 2. The summed E-state index contributed by atoms with van der Waals surface area (Å²) >= 11 is 0. The summed E-state index contributed by atoms with van der Waals surface area (Å²) in [7, 11) is -11.2. The lowest BCUT2D eigenvalue weighted by molar-refractivity contribution is -0.296. The second kappa shape index (κ2) is 53.6. The first kappa shape index (κ1) is 88.8. The Labute approximate surface area is 568 Å². The number of phosphoric ester groups is 2. The predicted octanol–water partition coefficient (Wildman–Crippen LogP) is 10.9. The van der Waals surface area contributed by atoms with Crippen molar-refractivity contribution in [3.8, 4) is 0 Å². The van der Waals surface area contributed by atoms with Crippen molar-refractivity contribution < 1.29 is 111 Å². The highest BCUT2D eigenvalue weighted by Crippen LogP contribution is 2.44. The molecule has 0 aromatic heterocycles. The van der Waals surface area contributed by atoms with Crippen LogP contribution in [-0.4, -0.2) is 173 Å². The summed E-state index contributed by atoms with van der Waals surface area (Å²) in [6.45, 7) is 6.55. The van der Waals surface area contributed by atoms with Crippen LogP contribution in [0, 0.1) is 0 Å². The molecule has 2 rings (SSSR count). The average Bonchev–Trinajstić information content (AvgIpc) is 0.787. The summed E-state index contributed by atoms with van der Waals surface area (Å²) < 4.78 is 65.3. The molecule has 2 aliphatic rings. The topological polar surface area (TPSA) is 393 Å². The Morgan fingerprint density at radius 3 is 1.02 bits per heavy atom. The van der Waals surface area contributed by atoms with E-state index in [1.54, 1.807) is 0 Å². The molecule has 25 nitrogen and oxygen atoms in total. The van der Waals surface area contributed by atoms with E-state index in [-0.39, 0.29) is 25.7 Å². The van der Waals surface area contributed by atoms with E-state index in [9.17, 15) is 78.5 Å². The molecule has 95 heavy (non-hydrogen) atoms. The number of ether oxygens (including phenoxy) is 5. The SMILES string of the molecule is CCCCCCCCCCC[C@@H](O)CC(=O)N[C@H]1[C@@H](OP(=O)(O)O)O[C@H](CO[13C@@H]2O[C@H](CO)[C@@H](OP(=O)(O)O)[C@H](OC(=O)C[C@H](O)CCCCCCCCCCC)[C@H]2NC(=O)C[C@H](O)CCCCCCCCCCC)[C@@H](O)[C@@H]1OC(=O)C[C@H](O)CCCCCCCCCCC. The van der Waals surface area contributed by atoms with Gasteiger partial charge in [0.15, 0.2) is 24.8 Å². The number of aliphatic hydroxyl groups is 6. The molecule has 2 amide bonds. The van der Waals surface area contributed by atoms with E-state index in [2.05, 4.69) is 38.3 Å². The second-order valence-corrected chi connectivity index (χ2v) is 29.1. The highest BCUT2D eigenvalue weighted by Gasteiger charge is 2.55. The van der Waals surface area contributed by atoms with E-state index in [0.717, 1.165) is 154 Å². The van der Waals surface area contributed by atoms with Crippen LogP contribution in [0.1, 0.15) is 310 Å². The number of unbranched alkanes of at least 4 members (excludes halogenated alkanes) is 32. The quantitative estimate of drug-likeness (QED) is 0.0116. The van der Waals surface area contributed by atoms with Gasteiger partial charge >= 0.3 is 27.6 Å². The Morgan fingerprint density at radius 1 is 0.400 bits per heavy atom. The number of hydrogen-bond acceptors (Lipinski definition) is 19. The van der Waals surface area contributed by atoms with Crippen LogP contribution in [-0.2, 0) is 61.0 Å². The fraction of sp³-hybridized carbons (Fsp3) is 0.941. The van der Waals surface area contributed by atoms with E-state index in [1.165, 1.54) is 51.4 Å². The Balaban J connectivity index is 2.55. The molecule has 0 aromatic carbocycles. The molecule has 0 aromatic rings. The van der Waals surface area contributed by atoms with Gasteiger partial charge in [-0.3, -0.25) is 28.2 Å². The molecule has 0 bridgehead atoms. The highest BCUT2D eigenvalue weighted by atomic mass is 31.2. The molecule has 0 aliphatic carbocycles. The molecule has 2 heterocycles. The first-order valence-corrected chi connectivity index (χ1v) is 39.9. The van der Waals surface area contributed by atoms with Crippen LogP contribution >= 0.6 is 15.6 Å². The van der Waals surface area contributed by atoms with Crippen molar-refractivity contribution in [3.63, 3.8) is 0 Å². The molecule has 0 spiro atoms. The van der Waals surface area contributed by atoms with Crippen LogP contribution in [0.25, 0.3) is 0 Å². The zero-order chi connectivity index (χ0) is 70.3. The minimum Gasteiger partial charge on any atom is -0.457 e. The number of rotatable bonds is 60.